The standard InChI is InChI=1S/C16H14F4O2.C8H18O2/c1-10-3-8-14(15(9-10)22-16(18,19)20)21-11(2)12-4-6-13(17)7-5-12;1-7(2,9-5)8(3,4)10-6/h3-9,11H,1-2H3;1-6H3. The molecule has 1 unspecified atom stereocenters. The van der Waals surface area contributed by atoms with Crippen LogP contribution in [0.15, 0.2) is 42.5 Å². The molecule has 1 atom stereocenters. The highest BCUT2D eigenvalue weighted by Crippen LogP contribution is 2.35. The van der Waals surface area contributed by atoms with Crippen molar-refractivity contribution in [2.75, 3.05) is 14.2 Å². The SMILES string of the molecule is COC(C)(C)C(C)(C)OC.Cc1ccc(OC(C)c2ccc(F)cc2)c(OC(F)(F)F)c1. The molecule has 2 aromatic carbocycles. The van der Waals surface area contributed by atoms with Crippen molar-refractivity contribution in [3.63, 3.8) is 0 Å². The van der Waals surface area contributed by atoms with Gasteiger partial charge in [0.1, 0.15) is 11.9 Å². The molecule has 0 spiro atoms. The Hall–Kier alpha value is -2.32. The van der Waals surface area contributed by atoms with E-state index in [-0.39, 0.29) is 17.0 Å². The maximum Gasteiger partial charge on any atom is 0.573 e. The van der Waals surface area contributed by atoms with Crippen LogP contribution in [0.2, 0.25) is 0 Å². The Morgan fingerprint density at radius 1 is 0.781 bits per heavy atom. The molecule has 0 radical (unpaired) electrons. The summed E-state index contributed by atoms with van der Waals surface area (Å²) in [6, 6.07) is 9.83. The Kier molecular flexibility index (Phi) is 9.53. The second kappa shape index (κ2) is 11.0. The largest absolute Gasteiger partial charge is 0.573 e. The summed E-state index contributed by atoms with van der Waals surface area (Å²) < 4.78 is 70.2. The van der Waals surface area contributed by atoms with Crippen LogP contribution < -0.4 is 9.47 Å². The van der Waals surface area contributed by atoms with Crippen LogP contribution >= 0.6 is 0 Å². The van der Waals surface area contributed by atoms with Gasteiger partial charge in [-0.05, 0) is 76.9 Å². The topological polar surface area (TPSA) is 36.9 Å². The van der Waals surface area contributed by atoms with Gasteiger partial charge in [0.05, 0.1) is 11.2 Å². The average Bonchev–Trinajstić information content (AvgIpc) is 2.69. The fraction of sp³-hybridized carbons (Fsp3) is 0.500. The molecule has 0 fully saturated rings. The maximum atomic E-state index is 12.9. The molecular formula is C24H32F4O4. The van der Waals surface area contributed by atoms with Gasteiger partial charge in [-0.1, -0.05) is 18.2 Å². The highest BCUT2D eigenvalue weighted by atomic mass is 19.4. The van der Waals surface area contributed by atoms with Crippen LogP contribution in [0.5, 0.6) is 11.5 Å². The lowest BCUT2D eigenvalue weighted by molar-refractivity contribution is -0.275. The summed E-state index contributed by atoms with van der Waals surface area (Å²) in [4.78, 5) is 0. The first-order valence-electron chi connectivity index (χ1n) is 10.0. The summed E-state index contributed by atoms with van der Waals surface area (Å²) in [5.41, 5.74) is 0.782. The summed E-state index contributed by atoms with van der Waals surface area (Å²) in [6.07, 6.45) is -5.36. The zero-order valence-corrected chi connectivity index (χ0v) is 19.8. The van der Waals surface area contributed by atoms with Crippen molar-refractivity contribution in [2.24, 2.45) is 0 Å². The van der Waals surface area contributed by atoms with Gasteiger partial charge in [-0.3, -0.25) is 0 Å². The third-order valence-corrected chi connectivity index (χ3v) is 5.44. The van der Waals surface area contributed by atoms with E-state index in [1.54, 1.807) is 34.1 Å². The summed E-state index contributed by atoms with van der Waals surface area (Å²) in [7, 11) is 3.39. The fourth-order valence-corrected chi connectivity index (χ4v) is 2.40. The van der Waals surface area contributed by atoms with E-state index in [2.05, 4.69) is 4.74 Å². The number of benzene rings is 2. The molecule has 0 aromatic heterocycles. The second-order valence-electron chi connectivity index (χ2n) is 8.24. The molecule has 2 aromatic rings. The van der Waals surface area contributed by atoms with Crippen LogP contribution in [0.4, 0.5) is 17.6 Å². The van der Waals surface area contributed by atoms with Crippen molar-refractivity contribution in [1.82, 2.24) is 0 Å². The predicted molar refractivity (Wildman–Crippen MR) is 115 cm³/mol. The fourth-order valence-electron chi connectivity index (χ4n) is 2.40. The Bertz CT molecular complexity index is 832. The van der Waals surface area contributed by atoms with E-state index >= 15 is 0 Å². The number of hydrogen-bond donors (Lipinski definition) is 0. The molecular weight excluding hydrogens is 428 g/mol. The molecule has 4 nitrogen and oxygen atoms in total. The van der Waals surface area contributed by atoms with Gasteiger partial charge in [0.25, 0.3) is 0 Å². The normalized spacial score (nSPS) is 13.1. The van der Waals surface area contributed by atoms with Gasteiger partial charge in [-0.25, -0.2) is 4.39 Å². The van der Waals surface area contributed by atoms with Crippen molar-refractivity contribution in [3.8, 4) is 11.5 Å². The molecule has 0 saturated carbocycles. The molecule has 0 heterocycles. The molecule has 0 N–H and O–H groups in total. The number of aryl methyl sites for hydroxylation is 1. The minimum atomic E-state index is -4.80. The van der Waals surface area contributed by atoms with Gasteiger partial charge in [0.15, 0.2) is 11.5 Å². The van der Waals surface area contributed by atoms with E-state index in [1.165, 1.54) is 36.4 Å². The molecule has 2 rings (SSSR count). The lowest BCUT2D eigenvalue weighted by Gasteiger charge is -2.38. The van der Waals surface area contributed by atoms with Gasteiger partial charge in [-0.2, -0.15) is 0 Å². The summed E-state index contributed by atoms with van der Waals surface area (Å²) in [6.45, 7) is 11.3. The smallest absolute Gasteiger partial charge is 0.482 e. The molecule has 8 heteroatoms. The zero-order valence-electron chi connectivity index (χ0n) is 19.8. The monoisotopic (exact) mass is 460 g/mol. The van der Waals surface area contributed by atoms with Gasteiger partial charge in [-0.15, -0.1) is 13.2 Å². The lowest BCUT2D eigenvalue weighted by atomic mass is 9.89. The van der Waals surface area contributed by atoms with Crippen LogP contribution in [0.1, 0.15) is 51.8 Å². The molecule has 0 aliphatic heterocycles. The van der Waals surface area contributed by atoms with E-state index < -0.39 is 24.0 Å². The Morgan fingerprint density at radius 2 is 1.28 bits per heavy atom. The number of halogens is 4. The van der Waals surface area contributed by atoms with Crippen molar-refractivity contribution < 1.29 is 36.5 Å². The number of alkyl halides is 3. The van der Waals surface area contributed by atoms with E-state index in [0.717, 1.165) is 0 Å². The maximum absolute atomic E-state index is 12.9. The van der Waals surface area contributed by atoms with Crippen LogP contribution in [0.3, 0.4) is 0 Å². The van der Waals surface area contributed by atoms with Gasteiger partial charge in [0, 0.05) is 14.2 Å². The second-order valence-corrected chi connectivity index (χ2v) is 8.24. The van der Waals surface area contributed by atoms with E-state index in [0.29, 0.717) is 11.1 Å². The predicted octanol–water partition coefficient (Wildman–Crippen LogP) is 7.01. The van der Waals surface area contributed by atoms with Gasteiger partial charge < -0.3 is 18.9 Å². The average molecular weight is 461 g/mol. The summed E-state index contributed by atoms with van der Waals surface area (Å²) in [5.74, 6) is -0.825. The molecule has 32 heavy (non-hydrogen) atoms. The van der Waals surface area contributed by atoms with Crippen molar-refractivity contribution in [3.05, 3.63) is 59.4 Å². The van der Waals surface area contributed by atoms with Crippen LogP contribution in [0, 0.1) is 12.7 Å². The minimum absolute atomic E-state index is 0.0280. The number of rotatable bonds is 7. The molecule has 0 amide bonds. The number of methoxy groups -OCH3 is 2. The number of hydrogen-bond acceptors (Lipinski definition) is 4. The van der Waals surface area contributed by atoms with Gasteiger partial charge in [0.2, 0.25) is 0 Å². The van der Waals surface area contributed by atoms with Gasteiger partial charge >= 0.3 is 6.36 Å². The molecule has 180 valence electrons. The first kappa shape index (κ1) is 27.7. The molecule has 0 aliphatic rings. The third-order valence-electron chi connectivity index (χ3n) is 5.44. The van der Waals surface area contributed by atoms with E-state index in [4.69, 9.17) is 14.2 Å². The first-order valence-corrected chi connectivity index (χ1v) is 10.0. The number of ether oxygens (including phenoxy) is 4. The van der Waals surface area contributed by atoms with Crippen molar-refractivity contribution in [2.45, 2.75) is 65.2 Å². The third kappa shape index (κ3) is 8.31. The van der Waals surface area contributed by atoms with Crippen LogP contribution in [-0.4, -0.2) is 31.8 Å². The zero-order chi connectivity index (χ0) is 24.7. The minimum Gasteiger partial charge on any atom is -0.482 e. The Labute approximate surface area is 187 Å². The molecule has 0 bridgehead atoms. The molecule has 0 aliphatic carbocycles. The lowest BCUT2D eigenvalue weighted by Crippen LogP contribution is -2.48. The van der Waals surface area contributed by atoms with Crippen LogP contribution in [-0.2, 0) is 9.47 Å². The summed E-state index contributed by atoms with van der Waals surface area (Å²) >= 11 is 0. The van der Waals surface area contributed by atoms with Crippen molar-refractivity contribution >= 4 is 0 Å². The first-order chi connectivity index (χ1) is 14.6. The van der Waals surface area contributed by atoms with Crippen LogP contribution in [0.25, 0.3) is 0 Å². The Morgan fingerprint density at radius 3 is 1.72 bits per heavy atom. The molecule has 0 saturated heterocycles. The quantitative estimate of drug-likeness (QED) is 0.417. The highest BCUT2D eigenvalue weighted by molar-refractivity contribution is 5.43. The van der Waals surface area contributed by atoms with Crippen molar-refractivity contribution in [1.29, 1.82) is 0 Å². The summed E-state index contributed by atoms with van der Waals surface area (Å²) in [5, 5.41) is 0. The van der Waals surface area contributed by atoms with E-state index in [9.17, 15) is 17.6 Å². The highest BCUT2D eigenvalue weighted by Gasteiger charge is 2.37. The Balaban J connectivity index is 0.000000433. The van der Waals surface area contributed by atoms with E-state index in [1.807, 2.05) is 27.7 Å².